The molecule has 3 nitrogen and oxygen atoms in total. The average molecular weight is 234 g/mol. The largest absolute Gasteiger partial charge is 0.464 e. The molecule has 0 N–H and O–H groups in total. The van der Waals surface area contributed by atoms with Crippen LogP contribution in [0.25, 0.3) is 0 Å². The molecule has 92 valence electrons. The summed E-state index contributed by atoms with van der Waals surface area (Å²) in [6.07, 6.45) is -0.455. The molecule has 1 fully saturated rings. The Morgan fingerprint density at radius 2 is 2.18 bits per heavy atom. The van der Waals surface area contributed by atoms with E-state index >= 15 is 0 Å². The van der Waals surface area contributed by atoms with Crippen LogP contribution in [0.5, 0.6) is 0 Å². The van der Waals surface area contributed by atoms with Crippen LogP contribution in [-0.2, 0) is 19.9 Å². The van der Waals surface area contributed by atoms with Crippen LogP contribution < -0.4 is 0 Å². The van der Waals surface area contributed by atoms with Gasteiger partial charge in [-0.15, -0.1) is 0 Å². The smallest absolute Gasteiger partial charge is 0.338 e. The van der Waals surface area contributed by atoms with Gasteiger partial charge in [0.1, 0.15) is 5.60 Å². The van der Waals surface area contributed by atoms with Gasteiger partial charge in [-0.2, -0.15) is 0 Å². The van der Waals surface area contributed by atoms with Crippen LogP contribution in [-0.4, -0.2) is 18.7 Å². The molecule has 0 aliphatic carbocycles. The Kier molecular flexibility index (Phi) is 2.96. The highest BCUT2D eigenvalue weighted by molar-refractivity contribution is 5.80. The fraction of sp³-hybridized carbons (Fsp3) is 0.500. The van der Waals surface area contributed by atoms with E-state index in [-0.39, 0.29) is 5.97 Å². The lowest BCUT2D eigenvalue weighted by atomic mass is 9.92. The molecule has 1 heterocycles. The van der Waals surface area contributed by atoms with Crippen molar-refractivity contribution < 1.29 is 14.3 Å². The first kappa shape index (κ1) is 12.1. The number of aryl methyl sites for hydroxylation is 2. The Labute approximate surface area is 102 Å². The molecular formula is C14H18O3. The summed E-state index contributed by atoms with van der Waals surface area (Å²) < 4.78 is 10.5. The van der Waals surface area contributed by atoms with Crippen molar-refractivity contribution in [1.29, 1.82) is 0 Å². The summed E-state index contributed by atoms with van der Waals surface area (Å²) in [6, 6.07) is 6.17. The highest BCUT2D eigenvalue weighted by Gasteiger charge is 2.59. The van der Waals surface area contributed by atoms with Crippen LogP contribution in [0, 0.1) is 13.8 Å². The number of hydrogen-bond acceptors (Lipinski definition) is 3. The molecule has 0 amide bonds. The van der Waals surface area contributed by atoms with Crippen LogP contribution in [0.3, 0.4) is 0 Å². The topological polar surface area (TPSA) is 38.8 Å². The SMILES string of the molecule is CCOC(=O)C1OC1(C)c1ccc(C)cc1C. The molecule has 0 aromatic heterocycles. The molecule has 3 heteroatoms. The minimum atomic E-state index is -0.510. The predicted molar refractivity (Wildman–Crippen MR) is 64.8 cm³/mol. The fourth-order valence-corrected chi connectivity index (χ4v) is 2.28. The number of benzene rings is 1. The van der Waals surface area contributed by atoms with E-state index in [0.29, 0.717) is 6.61 Å². The molecule has 2 rings (SSSR count). The third-order valence-electron chi connectivity index (χ3n) is 3.22. The highest BCUT2D eigenvalue weighted by atomic mass is 16.7. The molecule has 0 bridgehead atoms. The minimum absolute atomic E-state index is 0.269. The van der Waals surface area contributed by atoms with Crippen LogP contribution in [0.2, 0.25) is 0 Å². The van der Waals surface area contributed by atoms with Gasteiger partial charge in [0.15, 0.2) is 6.10 Å². The van der Waals surface area contributed by atoms with Crippen molar-refractivity contribution in [2.75, 3.05) is 6.61 Å². The molecule has 1 saturated heterocycles. The quantitative estimate of drug-likeness (QED) is 0.595. The van der Waals surface area contributed by atoms with Gasteiger partial charge in [0.25, 0.3) is 0 Å². The van der Waals surface area contributed by atoms with Gasteiger partial charge in [-0.25, -0.2) is 4.79 Å². The molecule has 0 saturated carbocycles. The van der Waals surface area contributed by atoms with Gasteiger partial charge in [-0.05, 0) is 38.8 Å². The van der Waals surface area contributed by atoms with Gasteiger partial charge < -0.3 is 9.47 Å². The number of epoxide rings is 1. The summed E-state index contributed by atoms with van der Waals surface area (Å²) in [4.78, 5) is 11.6. The Morgan fingerprint density at radius 3 is 2.76 bits per heavy atom. The number of ether oxygens (including phenoxy) is 2. The zero-order valence-electron chi connectivity index (χ0n) is 10.7. The summed E-state index contributed by atoms with van der Waals surface area (Å²) in [6.45, 7) is 8.22. The van der Waals surface area contributed by atoms with Crippen molar-refractivity contribution in [1.82, 2.24) is 0 Å². The first-order valence-electron chi connectivity index (χ1n) is 5.91. The van der Waals surface area contributed by atoms with Crippen molar-refractivity contribution in [2.45, 2.75) is 39.4 Å². The van der Waals surface area contributed by atoms with Crippen molar-refractivity contribution in [3.05, 3.63) is 34.9 Å². The van der Waals surface area contributed by atoms with Crippen molar-refractivity contribution in [2.24, 2.45) is 0 Å². The zero-order valence-corrected chi connectivity index (χ0v) is 10.7. The van der Waals surface area contributed by atoms with Crippen molar-refractivity contribution in [3.8, 4) is 0 Å². The summed E-state index contributed by atoms with van der Waals surface area (Å²) in [5.41, 5.74) is 2.92. The van der Waals surface area contributed by atoms with Gasteiger partial charge in [-0.3, -0.25) is 0 Å². The summed E-state index contributed by atoms with van der Waals surface area (Å²) >= 11 is 0. The maximum Gasteiger partial charge on any atom is 0.338 e. The van der Waals surface area contributed by atoms with E-state index in [4.69, 9.17) is 9.47 Å². The van der Waals surface area contributed by atoms with Gasteiger partial charge in [0.05, 0.1) is 6.61 Å². The Bertz CT molecular complexity index is 453. The lowest BCUT2D eigenvalue weighted by molar-refractivity contribution is -0.144. The lowest BCUT2D eigenvalue weighted by Gasteiger charge is -2.11. The van der Waals surface area contributed by atoms with E-state index < -0.39 is 11.7 Å². The van der Waals surface area contributed by atoms with Crippen LogP contribution >= 0.6 is 0 Å². The Morgan fingerprint density at radius 1 is 1.47 bits per heavy atom. The number of carbonyl (C=O) groups excluding carboxylic acids is 1. The van der Waals surface area contributed by atoms with E-state index in [1.807, 2.05) is 26.0 Å². The van der Waals surface area contributed by atoms with Gasteiger partial charge in [0, 0.05) is 0 Å². The van der Waals surface area contributed by atoms with E-state index in [1.54, 1.807) is 6.92 Å². The maximum absolute atomic E-state index is 11.6. The maximum atomic E-state index is 11.6. The molecule has 0 radical (unpaired) electrons. The molecule has 1 aliphatic heterocycles. The normalized spacial score (nSPS) is 26.7. The molecule has 17 heavy (non-hydrogen) atoms. The first-order chi connectivity index (χ1) is 7.99. The highest BCUT2D eigenvalue weighted by Crippen LogP contribution is 2.47. The van der Waals surface area contributed by atoms with E-state index in [9.17, 15) is 4.79 Å². The second-order valence-electron chi connectivity index (χ2n) is 4.68. The second kappa shape index (κ2) is 4.15. The zero-order chi connectivity index (χ0) is 12.6. The fourth-order valence-electron chi connectivity index (χ4n) is 2.28. The van der Waals surface area contributed by atoms with Gasteiger partial charge in [0.2, 0.25) is 0 Å². The molecule has 1 aromatic rings. The molecule has 2 unspecified atom stereocenters. The van der Waals surface area contributed by atoms with Crippen LogP contribution in [0.15, 0.2) is 18.2 Å². The van der Waals surface area contributed by atoms with Gasteiger partial charge in [-0.1, -0.05) is 23.8 Å². The Hall–Kier alpha value is -1.35. The average Bonchev–Trinajstić information content (AvgIpc) is 2.92. The number of rotatable bonds is 3. The summed E-state index contributed by atoms with van der Waals surface area (Å²) in [7, 11) is 0. The van der Waals surface area contributed by atoms with Crippen LogP contribution in [0.1, 0.15) is 30.5 Å². The van der Waals surface area contributed by atoms with E-state index in [0.717, 1.165) is 11.1 Å². The molecular weight excluding hydrogens is 216 g/mol. The third kappa shape index (κ3) is 2.07. The second-order valence-corrected chi connectivity index (χ2v) is 4.68. The summed E-state index contributed by atoms with van der Waals surface area (Å²) in [5.74, 6) is -0.269. The standard InChI is InChI=1S/C14H18O3/c1-5-16-13(15)12-14(4,17-12)11-7-6-9(2)8-10(11)3/h6-8,12H,5H2,1-4H3. The number of carbonyl (C=O) groups is 1. The minimum Gasteiger partial charge on any atom is -0.464 e. The van der Waals surface area contributed by atoms with E-state index in [1.165, 1.54) is 5.56 Å². The Balaban J connectivity index is 2.22. The molecule has 0 spiro atoms. The summed E-state index contributed by atoms with van der Waals surface area (Å²) in [5, 5.41) is 0. The molecule has 1 aliphatic rings. The number of hydrogen-bond donors (Lipinski definition) is 0. The monoisotopic (exact) mass is 234 g/mol. The predicted octanol–water partition coefficient (Wildman–Crippen LogP) is 2.48. The lowest BCUT2D eigenvalue weighted by Crippen LogP contribution is -2.19. The van der Waals surface area contributed by atoms with Crippen molar-refractivity contribution >= 4 is 5.97 Å². The number of esters is 1. The first-order valence-corrected chi connectivity index (χ1v) is 5.91. The van der Waals surface area contributed by atoms with Crippen LogP contribution in [0.4, 0.5) is 0 Å². The molecule has 2 atom stereocenters. The third-order valence-corrected chi connectivity index (χ3v) is 3.22. The van der Waals surface area contributed by atoms with Crippen molar-refractivity contribution in [3.63, 3.8) is 0 Å². The van der Waals surface area contributed by atoms with E-state index in [2.05, 4.69) is 13.0 Å². The van der Waals surface area contributed by atoms with Gasteiger partial charge >= 0.3 is 5.97 Å². The molecule has 1 aromatic carbocycles.